The van der Waals surface area contributed by atoms with Crippen molar-refractivity contribution in [2.24, 2.45) is 16.6 Å². The molecule has 2 atom stereocenters. The molecule has 78 valence electrons. The minimum absolute atomic E-state index is 0. The van der Waals surface area contributed by atoms with E-state index in [1.54, 1.807) is 0 Å². The summed E-state index contributed by atoms with van der Waals surface area (Å²) in [6, 6.07) is 0.498. The second-order valence-corrected chi connectivity index (χ2v) is 3.82. The molecule has 3 heteroatoms. The van der Waals surface area contributed by atoms with Crippen LogP contribution in [0.4, 0.5) is 0 Å². The van der Waals surface area contributed by atoms with E-state index >= 15 is 0 Å². The van der Waals surface area contributed by atoms with Crippen LogP contribution < -0.4 is 5.73 Å². The van der Waals surface area contributed by atoms with Crippen molar-refractivity contribution in [1.29, 1.82) is 0 Å². The lowest BCUT2D eigenvalue weighted by Crippen LogP contribution is -2.19. The van der Waals surface area contributed by atoms with Gasteiger partial charge in [0.2, 0.25) is 0 Å². The monoisotopic (exact) mass is 204 g/mol. The molecule has 2 N–H and O–H groups in total. The minimum atomic E-state index is 0. The van der Waals surface area contributed by atoms with Gasteiger partial charge in [-0.2, -0.15) is 0 Å². The lowest BCUT2D eigenvalue weighted by atomic mass is 9.96. The van der Waals surface area contributed by atoms with Crippen molar-refractivity contribution in [1.82, 2.24) is 0 Å². The predicted octanol–water partition coefficient (Wildman–Crippen LogP) is 2.75. The number of nitrogens with zero attached hydrogens (tertiary/aromatic N) is 1. The average Bonchev–Trinajstić information content (AvgIpc) is 2.28. The molecule has 0 fully saturated rings. The molecule has 1 aliphatic rings. The predicted molar refractivity (Wildman–Crippen MR) is 60.6 cm³/mol. The SMILES string of the molecule is CCC(C)C1CCCCC(N)=N1.Cl. The summed E-state index contributed by atoms with van der Waals surface area (Å²) >= 11 is 0. The summed E-state index contributed by atoms with van der Waals surface area (Å²) in [4.78, 5) is 4.54. The molecule has 1 rings (SSSR count). The fraction of sp³-hybridized carbons (Fsp3) is 0.900. The zero-order valence-electron chi connectivity index (χ0n) is 8.62. The van der Waals surface area contributed by atoms with Gasteiger partial charge in [0.05, 0.1) is 11.9 Å². The summed E-state index contributed by atoms with van der Waals surface area (Å²) < 4.78 is 0. The fourth-order valence-electron chi connectivity index (χ4n) is 1.69. The number of hydrogen-bond donors (Lipinski definition) is 1. The fourth-order valence-corrected chi connectivity index (χ4v) is 1.69. The number of halogens is 1. The molecular weight excluding hydrogens is 184 g/mol. The third-order valence-corrected chi connectivity index (χ3v) is 2.82. The molecule has 0 aromatic heterocycles. The van der Waals surface area contributed by atoms with Crippen LogP contribution in [0, 0.1) is 5.92 Å². The van der Waals surface area contributed by atoms with E-state index in [1.807, 2.05) is 0 Å². The highest BCUT2D eigenvalue weighted by molar-refractivity contribution is 5.85. The van der Waals surface area contributed by atoms with Gasteiger partial charge in [-0.25, -0.2) is 0 Å². The Morgan fingerprint density at radius 1 is 1.54 bits per heavy atom. The molecule has 0 aromatic rings. The maximum atomic E-state index is 5.77. The van der Waals surface area contributed by atoms with E-state index in [0.29, 0.717) is 12.0 Å². The second-order valence-electron chi connectivity index (χ2n) is 3.82. The molecule has 0 saturated carbocycles. The Balaban J connectivity index is 0.00000144. The Bertz CT molecular complexity index is 168. The first-order valence-corrected chi connectivity index (χ1v) is 5.06. The average molecular weight is 205 g/mol. The van der Waals surface area contributed by atoms with Gasteiger partial charge >= 0.3 is 0 Å². The van der Waals surface area contributed by atoms with Crippen LogP contribution in [0.15, 0.2) is 4.99 Å². The van der Waals surface area contributed by atoms with E-state index in [-0.39, 0.29) is 12.4 Å². The van der Waals surface area contributed by atoms with Gasteiger partial charge in [-0.05, 0) is 18.8 Å². The molecule has 0 saturated heterocycles. The summed E-state index contributed by atoms with van der Waals surface area (Å²) in [6.07, 6.45) is 5.96. The molecule has 0 amide bonds. The van der Waals surface area contributed by atoms with Crippen LogP contribution in [0.25, 0.3) is 0 Å². The zero-order chi connectivity index (χ0) is 8.97. The molecular formula is C10H21ClN2. The Morgan fingerprint density at radius 3 is 2.85 bits per heavy atom. The van der Waals surface area contributed by atoms with E-state index in [9.17, 15) is 0 Å². The van der Waals surface area contributed by atoms with Crippen molar-refractivity contribution in [2.75, 3.05) is 0 Å². The smallest absolute Gasteiger partial charge is 0.0940 e. The van der Waals surface area contributed by atoms with E-state index in [1.165, 1.54) is 25.7 Å². The van der Waals surface area contributed by atoms with Gasteiger partial charge in [-0.3, -0.25) is 4.99 Å². The second kappa shape index (κ2) is 6.25. The first kappa shape index (κ1) is 12.8. The van der Waals surface area contributed by atoms with Gasteiger partial charge in [-0.15, -0.1) is 12.4 Å². The summed E-state index contributed by atoms with van der Waals surface area (Å²) in [6.45, 7) is 4.49. The zero-order valence-corrected chi connectivity index (χ0v) is 9.44. The molecule has 0 radical (unpaired) electrons. The number of rotatable bonds is 2. The standard InChI is InChI=1S/C10H20N2.ClH/c1-3-8(2)9-6-4-5-7-10(11)12-9;/h8-9H,3-7H2,1-2H3,(H2,11,12);1H. The molecule has 1 heterocycles. The Labute approximate surface area is 87.4 Å². The maximum absolute atomic E-state index is 5.77. The van der Waals surface area contributed by atoms with Crippen molar-refractivity contribution in [3.63, 3.8) is 0 Å². The Morgan fingerprint density at radius 2 is 2.23 bits per heavy atom. The number of amidine groups is 1. The van der Waals surface area contributed by atoms with Crippen LogP contribution >= 0.6 is 12.4 Å². The van der Waals surface area contributed by atoms with Crippen molar-refractivity contribution < 1.29 is 0 Å². The minimum Gasteiger partial charge on any atom is -0.387 e. The number of hydrogen-bond acceptors (Lipinski definition) is 2. The Kier molecular flexibility index (Phi) is 6.13. The van der Waals surface area contributed by atoms with Gasteiger partial charge < -0.3 is 5.73 Å². The third-order valence-electron chi connectivity index (χ3n) is 2.82. The van der Waals surface area contributed by atoms with Gasteiger partial charge in [-0.1, -0.05) is 26.7 Å². The normalized spacial score (nSPS) is 25.4. The van der Waals surface area contributed by atoms with Gasteiger partial charge in [0.25, 0.3) is 0 Å². The molecule has 2 unspecified atom stereocenters. The molecule has 0 spiro atoms. The molecule has 2 nitrogen and oxygen atoms in total. The summed E-state index contributed by atoms with van der Waals surface area (Å²) in [5.41, 5.74) is 5.77. The molecule has 0 aliphatic carbocycles. The summed E-state index contributed by atoms with van der Waals surface area (Å²) in [5, 5.41) is 0. The highest BCUT2D eigenvalue weighted by atomic mass is 35.5. The van der Waals surface area contributed by atoms with Crippen LogP contribution in [-0.4, -0.2) is 11.9 Å². The van der Waals surface area contributed by atoms with E-state index in [4.69, 9.17) is 5.73 Å². The van der Waals surface area contributed by atoms with Crippen LogP contribution in [0.1, 0.15) is 46.0 Å². The first-order chi connectivity index (χ1) is 5.74. The largest absolute Gasteiger partial charge is 0.387 e. The lowest BCUT2D eigenvalue weighted by molar-refractivity contribution is 0.417. The highest BCUT2D eigenvalue weighted by Crippen LogP contribution is 2.20. The maximum Gasteiger partial charge on any atom is 0.0940 e. The van der Waals surface area contributed by atoms with Crippen LogP contribution in [0.5, 0.6) is 0 Å². The topological polar surface area (TPSA) is 38.4 Å². The quantitative estimate of drug-likeness (QED) is 0.738. The molecule has 13 heavy (non-hydrogen) atoms. The van der Waals surface area contributed by atoms with Crippen molar-refractivity contribution in [3.05, 3.63) is 0 Å². The van der Waals surface area contributed by atoms with Crippen molar-refractivity contribution in [2.45, 2.75) is 52.0 Å². The van der Waals surface area contributed by atoms with Crippen LogP contribution in [0.2, 0.25) is 0 Å². The van der Waals surface area contributed by atoms with Crippen LogP contribution in [0.3, 0.4) is 0 Å². The number of nitrogens with two attached hydrogens (primary N) is 1. The highest BCUT2D eigenvalue weighted by Gasteiger charge is 2.16. The third kappa shape index (κ3) is 3.99. The first-order valence-electron chi connectivity index (χ1n) is 5.06. The molecule has 0 aromatic carbocycles. The summed E-state index contributed by atoms with van der Waals surface area (Å²) in [5.74, 6) is 1.57. The molecule has 0 bridgehead atoms. The van der Waals surface area contributed by atoms with Crippen molar-refractivity contribution in [3.8, 4) is 0 Å². The van der Waals surface area contributed by atoms with Crippen LogP contribution in [-0.2, 0) is 0 Å². The number of aliphatic imine (C=N–C) groups is 1. The summed E-state index contributed by atoms with van der Waals surface area (Å²) in [7, 11) is 0. The van der Waals surface area contributed by atoms with Gasteiger partial charge in [0.1, 0.15) is 0 Å². The van der Waals surface area contributed by atoms with E-state index in [0.717, 1.165) is 12.3 Å². The Hall–Kier alpha value is -0.240. The van der Waals surface area contributed by atoms with Gasteiger partial charge in [0, 0.05) is 6.42 Å². The van der Waals surface area contributed by atoms with E-state index < -0.39 is 0 Å². The van der Waals surface area contributed by atoms with Crippen molar-refractivity contribution >= 4 is 18.2 Å². The van der Waals surface area contributed by atoms with E-state index in [2.05, 4.69) is 18.8 Å². The molecule has 1 aliphatic heterocycles. The lowest BCUT2D eigenvalue weighted by Gasteiger charge is -2.17. The van der Waals surface area contributed by atoms with Gasteiger partial charge in [0.15, 0.2) is 0 Å².